The zero-order valence-electron chi connectivity index (χ0n) is 14.9. The minimum atomic E-state index is 0.418. The van der Waals surface area contributed by atoms with E-state index in [0.29, 0.717) is 11.8 Å². The van der Waals surface area contributed by atoms with Crippen molar-refractivity contribution in [3.63, 3.8) is 0 Å². The summed E-state index contributed by atoms with van der Waals surface area (Å²) < 4.78 is 0. The van der Waals surface area contributed by atoms with Gasteiger partial charge < -0.3 is 15.5 Å². The third-order valence-electron chi connectivity index (χ3n) is 4.66. The molecule has 0 unspecified atom stereocenters. The summed E-state index contributed by atoms with van der Waals surface area (Å²) in [5.74, 6) is 1.93. The molecule has 0 saturated carbocycles. The van der Waals surface area contributed by atoms with Crippen molar-refractivity contribution in [2.75, 3.05) is 38.5 Å². The number of allylic oxidation sites excluding steroid dienone is 1. The van der Waals surface area contributed by atoms with Gasteiger partial charge in [0.2, 0.25) is 0 Å². The molecule has 23 heavy (non-hydrogen) atoms. The van der Waals surface area contributed by atoms with Crippen molar-refractivity contribution in [2.45, 2.75) is 39.0 Å². The fraction of sp³-hybridized carbons (Fsp3) is 0.632. The van der Waals surface area contributed by atoms with Crippen LogP contribution in [-0.4, -0.2) is 43.1 Å². The lowest BCUT2D eigenvalue weighted by Crippen LogP contribution is -2.34. The van der Waals surface area contributed by atoms with Crippen LogP contribution in [0.4, 0.5) is 5.82 Å². The molecule has 1 aromatic rings. The van der Waals surface area contributed by atoms with Crippen LogP contribution in [0.5, 0.6) is 0 Å². The van der Waals surface area contributed by atoms with Crippen molar-refractivity contribution in [1.82, 2.24) is 15.2 Å². The molecule has 1 fully saturated rings. The molecular weight excluding hydrogens is 284 g/mol. The summed E-state index contributed by atoms with van der Waals surface area (Å²) in [4.78, 5) is 7.40. The standard InChI is InChI=1S/C19H32N4/c1-15(2)16(3)21-19-8-5-7-18(22-19)17-9-13-23(14-10-17)12-6-11-20-4/h5,7-8,15,17,20H,3,6,9-14H2,1-2,4H3,(H,21,22). The van der Waals surface area contributed by atoms with Crippen molar-refractivity contribution >= 4 is 5.82 Å². The Hall–Kier alpha value is -1.39. The number of hydrogen-bond donors (Lipinski definition) is 2. The second kappa shape index (κ2) is 9.04. The molecule has 1 aliphatic heterocycles. The molecule has 0 aliphatic carbocycles. The fourth-order valence-electron chi connectivity index (χ4n) is 2.99. The van der Waals surface area contributed by atoms with E-state index >= 15 is 0 Å². The van der Waals surface area contributed by atoms with Gasteiger partial charge >= 0.3 is 0 Å². The van der Waals surface area contributed by atoms with Crippen molar-refractivity contribution in [3.05, 3.63) is 36.2 Å². The number of aromatic nitrogens is 1. The lowest BCUT2D eigenvalue weighted by Gasteiger charge is -2.31. The lowest BCUT2D eigenvalue weighted by atomic mass is 9.93. The third kappa shape index (κ3) is 5.63. The Morgan fingerprint density at radius 2 is 2.09 bits per heavy atom. The van der Waals surface area contributed by atoms with Gasteiger partial charge in [0, 0.05) is 17.3 Å². The van der Waals surface area contributed by atoms with E-state index in [9.17, 15) is 0 Å². The Kier molecular flexibility index (Phi) is 7.06. The number of nitrogens with zero attached hydrogens (tertiary/aromatic N) is 2. The molecule has 2 heterocycles. The molecule has 1 aromatic heterocycles. The topological polar surface area (TPSA) is 40.2 Å². The maximum Gasteiger partial charge on any atom is 0.130 e. The number of anilines is 1. The van der Waals surface area contributed by atoms with Crippen LogP contribution in [0.25, 0.3) is 0 Å². The largest absolute Gasteiger partial charge is 0.344 e. The summed E-state index contributed by atoms with van der Waals surface area (Å²) in [7, 11) is 2.02. The first-order chi connectivity index (χ1) is 11.1. The SMILES string of the molecule is C=C(Nc1cccc(C2CCN(CCCNC)CC2)n1)C(C)C. The molecule has 2 rings (SSSR count). The van der Waals surface area contributed by atoms with Gasteiger partial charge in [-0.3, -0.25) is 0 Å². The smallest absolute Gasteiger partial charge is 0.130 e. The van der Waals surface area contributed by atoms with Crippen molar-refractivity contribution in [2.24, 2.45) is 5.92 Å². The van der Waals surface area contributed by atoms with E-state index in [2.05, 4.69) is 48.1 Å². The average molecular weight is 316 g/mol. The van der Waals surface area contributed by atoms with Crippen molar-refractivity contribution in [3.8, 4) is 0 Å². The Labute approximate surface area is 141 Å². The molecular formula is C19H32N4. The molecule has 4 nitrogen and oxygen atoms in total. The molecule has 128 valence electrons. The second-order valence-electron chi connectivity index (χ2n) is 6.83. The molecule has 0 radical (unpaired) electrons. The van der Waals surface area contributed by atoms with Gasteiger partial charge in [0.05, 0.1) is 0 Å². The zero-order valence-corrected chi connectivity index (χ0v) is 14.9. The number of likely N-dealkylation sites (tertiary alicyclic amines) is 1. The van der Waals surface area contributed by atoms with Gasteiger partial charge in [-0.2, -0.15) is 0 Å². The lowest BCUT2D eigenvalue weighted by molar-refractivity contribution is 0.209. The number of nitrogens with one attached hydrogen (secondary N) is 2. The van der Waals surface area contributed by atoms with Crippen molar-refractivity contribution < 1.29 is 0 Å². The minimum Gasteiger partial charge on any atom is -0.344 e. The van der Waals surface area contributed by atoms with E-state index in [0.717, 1.165) is 18.1 Å². The van der Waals surface area contributed by atoms with Crippen LogP contribution in [0, 0.1) is 5.92 Å². The van der Waals surface area contributed by atoms with Gasteiger partial charge in [0.1, 0.15) is 5.82 Å². The van der Waals surface area contributed by atoms with E-state index in [1.165, 1.54) is 44.6 Å². The predicted octanol–water partition coefficient (Wildman–Crippen LogP) is 3.45. The Morgan fingerprint density at radius 3 is 2.74 bits per heavy atom. The third-order valence-corrected chi connectivity index (χ3v) is 4.66. The molecule has 1 saturated heterocycles. The molecule has 1 aliphatic rings. The summed E-state index contributed by atoms with van der Waals surface area (Å²) in [6, 6.07) is 6.31. The van der Waals surface area contributed by atoms with Gasteiger partial charge in [-0.05, 0) is 70.5 Å². The first kappa shape index (κ1) is 18.0. The highest BCUT2D eigenvalue weighted by molar-refractivity contribution is 5.42. The summed E-state index contributed by atoms with van der Waals surface area (Å²) in [6.45, 7) is 13.0. The molecule has 0 atom stereocenters. The van der Waals surface area contributed by atoms with Crippen LogP contribution in [0.3, 0.4) is 0 Å². The highest BCUT2D eigenvalue weighted by atomic mass is 15.1. The predicted molar refractivity (Wildman–Crippen MR) is 98.8 cm³/mol. The first-order valence-electron chi connectivity index (χ1n) is 8.90. The molecule has 0 amide bonds. The maximum atomic E-state index is 4.82. The van der Waals surface area contributed by atoms with E-state index in [4.69, 9.17) is 4.98 Å². The van der Waals surface area contributed by atoms with Crippen LogP contribution in [-0.2, 0) is 0 Å². The van der Waals surface area contributed by atoms with E-state index in [1.54, 1.807) is 0 Å². The summed E-state index contributed by atoms with van der Waals surface area (Å²) in [6.07, 6.45) is 3.65. The zero-order chi connectivity index (χ0) is 16.7. The Balaban J connectivity index is 1.87. The van der Waals surface area contributed by atoms with Crippen LogP contribution in [0.1, 0.15) is 44.7 Å². The maximum absolute atomic E-state index is 4.82. The highest BCUT2D eigenvalue weighted by Gasteiger charge is 2.21. The monoisotopic (exact) mass is 316 g/mol. The quantitative estimate of drug-likeness (QED) is 0.721. The van der Waals surface area contributed by atoms with Crippen molar-refractivity contribution in [1.29, 1.82) is 0 Å². The summed E-state index contributed by atoms with van der Waals surface area (Å²) >= 11 is 0. The van der Waals surface area contributed by atoms with Gasteiger partial charge in [-0.1, -0.05) is 26.5 Å². The number of rotatable bonds is 8. The summed E-state index contributed by atoms with van der Waals surface area (Å²) in [5.41, 5.74) is 2.25. The van der Waals surface area contributed by atoms with Gasteiger partial charge in [0.25, 0.3) is 0 Å². The molecule has 2 N–H and O–H groups in total. The van der Waals surface area contributed by atoms with Crippen LogP contribution in [0.15, 0.2) is 30.5 Å². The molecule has 0 spiro atoms. The van der Waals surface area contributed by atoms with Crippen LogP contribution >= 0.6 is 0 Å². The van der Waals surface area contributed by atoms with Gasteiger partial charge in [-0.15, -0.1) is 0 Å². The Morgan fingerprint density at radius 1 is 1.35 bits per heavy atom. The van der Waals surface area contributed by atoms with E-state index < -0.39 is 0 Å². The van der Waals surface area contributed by atoms with E-state index in [-0.39, 0.29) is 0 Å². The minimum absolute atomic E-state index is 0.418. The highest BCUT2D eigenvalue weighted by Crippen LogP contribution is 2.27. The molecule has 0 aromatic carbocycles. The number of piperidine rings is 1. The molecule has 0 bridgehead atoms. The van der Waals surface area contributed by atoms with Crippen LogP contribution in [0.2, 0.25) is 0 Å². The number of pyridine rings is 1. The van der Waals surface area contributed by atoms with E-state index in [1.807, 2.05) is 13.1 Å². The molecule has 4 heteroatoms. The van der Waals surface area contributed by atoms with Crippen LogP contribution < -0.4 is 10.6 Å². The fourth-order valence-corrected chi connectivity index (χ4v) is 2.99. The number of hydrogen-bond acceptors (Lipinski definition) is 4. The normalized spacial score (nSPS) is 16.7. The first-order valence-corrected chi connectivity index (χ1v) is 8.90. The van der Waals surface area contributed by atoms with Gasteiger partial charge in [-0.25, -0.2) is 4.98 Å². The second-order valence-corrected chi connectivity index (χ2v) is 6.83. The average Bonchev–Trinajstić information content (AvgIpc) is 2.56. The summed E-state index contributed by atoms with van der Waals surface area (Å²) in [5, 5.41) is 6.56. The van der Waals surface area contributed by atoms with Gasteiger partial charge in [0.15, 0.2) is 0 Å². The Bertz CT molecular complexity index is 490.